The summed E-state index contributed by atoms with van der Waals surface area (Å²) in [4.78, 5) is 11.7. The van der Waals surface area contributed by atoms with Crippen LogP contribution < -0.4 is 10.0 Å². The minimum Gasteiger partial charge on any atom is -0.326 e. The van der Waals surface area contributed by atoms with Gasteiger partial charge in [-0.1, -0.05) is 6.07 Å². The van der Waals surface area contributed by atoms with Crippen LogP contribution in [0.25, 0.3) is 0 Å². The Kier molecular flexibility index (Phi) is 3.57. The zero-order chi connectivity index (χ0) is 16.7. The lowest BCUT2D eigenvalue weighted by Gasteiger charge is -2.18. The molecular formula is C18H18N2O3S. The fourth-order valence-electron chi connectivity index (χ4n) is 3.38. The van der Waals surface area contributed by atoms with Gasteiger partial charge < -0.3 is 5.32 Å². The fraction of sp³-hybridized carbons (Fsp3) is 0.278. The van der Waals surface area contributed by atoms with E-state index in [1.165, 1.54) is 5.56 Å². The summed E-state index contributed by atoms with van der Waals surface area (Å²) in [6.07, 6.45) is 4.10. The van der Waals surface area contributed by atoms with E-state index in [9.17, 15) is 13.2 Å². The summed E-state index contributed by atoms with van der Waals surface area (Å²) >= 11 is 0. The molecule has 0 aromatic heterocycles. The maximum Gasteiger partial charge on any atom is 0.261 e. The summed E-state index contributed by atoms with van der Waals surface area (Å²) in [6, 6.07) is 10.6. The zero-order valence-electron chi connectivity index (χ0n) is 13.1. The molecule has 1 amide bonds. The summed E-state index contributed by atoms with van der Waals surface area (Å²) in [6.45, 7) is 0. The van der Waals surface area contributed by atoms with E-state index in [1.54, 1.807) is 30.3 Å². The average molecular weight is 342 g/mol. The minimum absolute atomic E-state index is 0.00558. The van der Waals surface area contributed by atoms with Crippen molar-refractivity contribution in [1.82, 2.24) is 0 Å². The molecule has 2 N–H and O–H groups in total. The van der Waals surface area contributed by atoms with Gasteiger partial charge >= 0.3 is 0 Å². The molecular weight excluding hydrogens is 324 g/mol. The Labute approximate surface area is 141 Å². The third kappa shape index (κ3) is 2.78. The summed E-state index contributed by atoms with van der Waals surface area (Å²) in [5, 5.41) is 2.79. The van der Waals surface area contributed by atoms with Crippen LogP contribution in [0.15, 0.2) is 41.3 Å². The zero-order valence-corrected chi connectivity index (χ0v) is 13.9. The van der Waals surface area contributed by atoms with Crippen LogP contribution in [0, 0.1) is 0 Å². The lowest BCUT2D eigenvalue weighted by molar-refractivity contribution is -0.116. The van der Waals surface area contributed by atoms with Crippen molar-refractivity contribution in [1.29, 1.82) is 0 Å². The summed E-state index contributed by atoms with van der Waals surface area (Å²) < 4.78 is 27.9. The van der Waals surface area contributed by atoms with E-state index < -0.39 is 10.0 Å². The first-order valence-electron chi connectivity index (χ1n) is 8.09. The van der Waals surface area contributed by atoms with Crippen molar-refractivity contribution < 1.29 is 13.2 Å². The molecule has 0 fully saturated rings. The van der Waals surface area contributed by atoms with Gasteiger partial charge in [0.1, 0.15) is 0 Å². The Hall–Kier alpha value is -2.34. The number of carbonyl (C=O) groups excluding carboxylic acids is 1. The lowest BCUT2D eigenvalue weighted by atomic mass is 10.0. The molecule has 2 aromatic rings. The van der Waals surface area contributed by atoms with Crippen LogP contribution in [-0.4, -0.2) is 14.3 Å². The van der Waals surface area contributed by atoms with Gasteiger partial charge in [0, 0.05) is 17.8 Å². The van der Waals surface area contributed by atoms with Crippen molar-refractivity contribution in [2.75, 3.05) is 10.0 Å². The van der Waals surface area contributed by atoms with Gasteiger partial charge in [-0.15, -0.1) is 0 Å². The second-order valence-corrected chi connectivity index (χ2v) is 7.99. The van der Waals surface area contributed by atoms with Crippen molar-refractivity contribution in [2.24, 2.45) is 0 Å². The fourth-order valence-corrected chi connectivity index (χ4v) is 4.48. The third-order valence-corrected chi connectivity index (χ3v) is 6.01. The van der Waals surface area contributed by atoms with Crippen LogP contribution in [-0.2, 0) is 34.1 Å². The highest BCUT2D eigenvalue weighted by Gasteiger charge is 2.20. The molecule has 0 saturated heterocycles. The van der Waals surface area contributed by atoms with Crippen molar-refractivity contribution >= 4 is 27.3 Å². The number of fused-ring (bicyclic) bond motifs is 2. The first-order chi connectivity index (χ1) is 11.5. The number of anilines is 2. The van der Waals surface area contributed by atoms with Crippen LogP contribution in [0.1, 0.15) is 29.5 Å². The molecule has 0 spiro atoms. The van der Waals surface area contributed by atoms with Gasteiger partial charge in [0.25, 0.3) is 10.0 Å². The first kappa shape index (κ1) is 15.2. The van der Waals surface area contributed by atoms with Crippen molar-refractivity contribution in [3.05, 3.63) is 53.1 Å². The molecule has 1 heterocycles. The molecule has 0 saturated carbocycles. The monoisotopic (exact) mass is 342 g/mol. The number of sulfonamides is 1. The van der Waals surface area contributed by atoms with Crippen molar-refractivity contribution in [3.63, 3.8) is 0 Å². The van der Waals surface area contributed by atoms with Gasteiger partial charge in [0.2, 0.25) is 5.91 Å². The number of carbonyl (C=O) groups is 1. The highest BCUT2D eigenvalue weighted by atomic mass is 32.2. The molecule has 1 aliphatic heterocycles. The Balaban J connectivity index is 1.61. The molecule has 0 atom stereocenters. The number of benzene rings is 2. The Morgan fingerprint density at radius 3 is 2.58 bits per heavy atom. The number of hydrogen-bond donors (Lipinski definition) is 2. The van der Waals surface area contributed by atoms with Gasteiger partial charge in [-0.25, -0.2) is 8.42 Å². The van der Waals surface area contributed by atoms with E-state index in [1.807, 2.05) is 6.07 Å². The van der Waals surface area contributed by atoms with Gasteiger partial charge in [-0.2, -0.15) is 0 Å². The predicted octanol–water partition coefficient (Wildman–Crippen LogP) is 2.86. The van der Waals surface area contributed by atoms with E-state index in [4.69, 9.17) is 0 Å². The SMILES string of the molecule is O=C1CCc2cc(NS(=O)(=O)c3ccc4c(c3)CCC4)ccc2N1. The largest absolute Gasteiger partial charge is 0.326 e. The molecule has 5 nitrogen and oxygen atoms in total. The molecule has 4 rings (SSSR count). The number of amides is 1. The van der Waals surface area contributed by atoms with Gasteiger partial charge in [-0.3, -0.25) is 9.52 Å². The van der Waals surface area contributed by atoms with E-state index in [0.29, 0.717) is 23.4 Å². The first-order valence-corrected chi connectivity index (χ1v) is 9.57. The number of nitrogens with one attached hydrogen (secondary N) is 2. The smallest absolute Gasteiger partial charge is 0.261 e. The van der Waals surface area contributed by atoms with Gasteiger partial charge in [0.15, 0.2) is 0 Å². The van der Waals surface area contributed by atoms with Gasteiger partial charge in [0.05, 0.1) is 4.90 Å². The normalized spacial score (nSPS) is 16.2. The highest BCUT2D eigenvalue weighted by molar-refractivity contribution is 7.92. The van der Waals surface area contributed by atoms with Crippen LogP contribution in [0.4, 0.5) is 11.4 Å². The molecule has 0 radical (unpaired) electrons. The second-order valence-electron chi connectivity index (χ2n) is 6.31. The molecule has 2 aliphatic rings. The summed E-state index contributed by atoms with van der Waals surface area (Å²) in [5.41, 5.74) is 4.60. The van der Waals surface area contributed by atoms with Crippen LogP contribution in [0.3, 0.4) is 0 Å². The van der Waals surface area contributed by atoms with E-state index in [-0.39, 0.29) is 5.91 Å². The lowest BCUT2D eigenvalue weighted by Crippen LogP contribution is -2.19. The van der Waals surface area contributed by atoms with Gasteiger partial charge in [-0.05, 0) is 72.7 Å². The quantitative estimate of drug-likeness (QED) is 0.900. The van der Waals surface area contributed by atoms with Crippen LogP contribution in [0.2, 0.25) is 0 Å². The van der Waals surface area contributed by atoms with E-state index >= 15 is 0 Å². The molecule has 2 aromatic carbocycles. The van der Waals surface area contributed by atoms with Crippen LogP contribution in [0.5, 0.6) is 0 Å². The third-order valence-electron chi connectivity index (χ3n) is 4.63. The standard InChI is InChI=1S/C18H18N2O3S/c21-18-9-5-14-10-15(6-8-17(14)19-18)20-24(22,23)16-7-4-12-2-1-3-13(12)11-16/h4,6-8,10-11,20H,1-3,5,9H2,(H,19,21). The Bertz CT molecular complexity index is 935. The highest BCUT2D eigenvalue weighted by Crippen LogP contribution is 2.28. The summed E-state index contributed by atoms with van der Waals surface area (Å²) in [7, 11) is -3.61. The molecule has 124 valence electrons. The average Bonchev–Trinajstić information content (AvgIpc) is 3.02. The molecule has 24 heavy (non-hydrogen) atoms. The number of hydrogen-bond acceptors (Lipinski definition) is 3. The Morgan fingerprint density at radius 2 is 1.71 bits per heavy atom. The number of aryl methyl sites for hydroxylation is 3. The topological polar surface area (TPSA) is 75.3 Å². The second kappa shape index (κ2) is 5.63. The molecule has 0 bridgehead atoms. The maximum atomic E-state index is 12.6. The summed E-state index contributed by atoms with van der Waals surface area (Å²) in [5.74, 6) is -0.00558. The maximum absolute atomic E-state index is 12.6. The van der Waals surface area contributed by atoms with E-state index in [2.05, 4.69) is 10.0 Å². The molecule has 1 aliphatic carbocycles. The minimum atomic E-state index is -3.61. The van der Waals surface area contributed by atoms with E-state index in [0.717, 1.165) is 36.1 Å². The predicted molar refractivity (Wildman–Crippen MR) is 92.7 cm³/mol. The Morgan fingerprint density at radius 1 is 0.875 bits per heavy atom. The van der Waals surface area contributed by atoms with Crippen LogP contribution >= 0.6 is 0 Å². The van der Waals surface area contributed by atoms with Crippen molar-refractivity contribution in [3.8, 4) is 0 Å². The van der Waals surface area contributed by atoms with Crippen molar-refractivity contribution in [2.45, 2.75) is 37.0 Å². The number of rotatable bonds is 3. The molecule has 6 heteroatoms. The molecule has 0 unspecified atom stereocenters.